The normalized spacial score (nSPS) is 12.4. The largest absolute Gasteiger partial charge is 0.352 e. The molecule has 0 aliphatic heterocycles. The van der Waals surface area contributed by atoms with Gasteiger partial charge in [0.25, 0.3) is 0 Å². The van der Waals surface area contributed by atoms with Crippen LogP contribution in [0, 0.1) is 5.41 Å². The Morgan fingerprint density at radius 3 is 2.23 bits per heavy atom. The zero-order valence-corrected chi connectivity index (χ0v) is 13.6. The summed E-state index contributed by atoms with van der Waals surface area (Å²) in [5.74, 6) is -0.506. The fraction of sp³-hybridized carbons (Fsp3) is 0.471. The number of nitrogens with one attached hydrogen (secondary N) is 2. The summed E-state index contributed by atoms with van der Waals surface area (Å²) in [5.41, 5.74) is 0.0967. The second-order valence-electron chi connectivity index (χ2n) is 6.39. The van der Waals surface area contributed by atoms with Crippen LogP contribution < -0.4 is 10.6 Å². The van der Waals surface area contributed by atoms with E-state index in [0.717, 1.165) is 0 Å². The highest BCUT2D eigenvalue weighted by Gasteiger charge is 2.21. The summed E-state index contributed by atoms with van der Waals surface area (Å²) in [6.07, 6.45) is 0.225. The molecule has 0 heterocycles. The summed E-state index contributed by atoms with van der Waals surface area (Å²) in [6.45, 7) is 7.02. The average Bonchev–Trinajstić information content (AvgIpc) is 2.44. The summed E-state index contributed by atoms with van der Waals surface area (Å²) in [4.78, 5) is 35.5. The Bertz CT molecular complexity index is 533. The van der Waals surface area contributed by atoms with Gasteiger partial charge in [0.1, 0.15) is 0 Å². The predicted molar refractivity (Wildman–Crippen MR) is 85.5 cm³/mol. The third-order valence-corrected chi connectivity index (χ3v) is 3.09. The number of hydrogen-bond donors (Lipinski definition) is 2. The van der Waals surface area contributed by atoms with Gasteiger partial charge in [-0.15, -0.1) is 0 Å². The quantitative estimate of drug-likeness (QED) is 0.789. The third-order valence-electron chi connectivity index (χ3n) is 3.09. The number of hydrogen-bond acceptors (Lipinski definition) is 3. The van der Waals surface area contributed by atoms with E-state index in [1.54, 1.807) is 52.0 Å². The molecule has 0 aliphatic rings. The van der Waals surface area contributed by atoms with Crippen LogP contribution in [0.3, 0.4) is 0 Å². The van der Waals surface area contributed by atoms with Crippen molar-refractivity contribution in [1.29, 1.82) is 0 Å². The molecule has 0 bridgehead atoms. The molecule has 1 aromatic carbocycles. The molecule has 0 fully saturated rings. The molecule has 5 heteroatoms. The van der Waals surface area contributed by atoms with E-state index in [4.69, 9.17) is 0 Å². The van der Waals surface area contributed by atoms with Crippen molar-refractivity contribution in [3.63, 3.8) is 0 Å². The molecule has 1 aromatic rings. The lowest BCUT2D eigenvalue weighted by atomic mass is 9.96. The number of Topliss-reactive ketones (excluding diaryl/α,β-unsaturated/α-hetero) is 1. The molecule has 0 aromatic heterocycles. The minimum absolute atomic E-state index is 0.0212. The van der Waals surface area contributed by atoms with Crippen LogP contribution in [0.4, 0.5) is 0 Å². The highest BCUT2D eigenvalue weighted by atomic mass is 16.2. The van der Waals surface area contributed by atoms with E-state index in [-0.39, 0.29) is 36.6 Å². The van der Waals surface area contributed by atoms with Gasteiger partial charge in [0.2, 0.25) is 11.8 Å². The molecule has 1 unspecified atom stereocenters. The highest BCUT2D eigenvalue weighted by Crippen LogP contribution is 2.12. The number of carbonyl (C=O) groups is 3. The maximum absolute atomic E-state index is 12.0. The molecule has 22 heavy (non-hydrogen) atoms. The van der Waals surface area contributed by atoms with E-state index >= 15 is 0 Å². The van der Waals surface area contributed by atoms with Gasteiger partial charge in [0.15, 0.2) is 5.78 Å². The first kappa shape index (κ1) is 17.9. The zero-order chi connectivity index (χ0) is 16.8. The van der Waals surface area contributed by atoms with Crippen LogP contribution in [-0.2, 0) is 9.59 Å². The number of benzene rings is 1. The molecule has 0 aliphatic carbocycles. The van der Waals surface area contributed by atoms with Crippen molar-refractivity contribution in [2.75, 3.05) is 6.54 Å². The molecule has 0 saturated heterocycles. The smallest absolute Gasteiger partial charge is 0.239 e. The SMILES string of the molecule is CC(CC(=O)c1ccccc1)NC(=O)CNC(=O)C(C)(C)C. The highest BCUT2D eigenvalue weighted by molar-refractivity contribution is 5.96. The molecule has 120 valence electrons. The van der Waals surface area contributed by atoms with E-state index < -0.39 is 5.41 Å². The van der Waals surface area contributed by atoms with Crippen molar-refractivity contribution in [2.45, 2.75) is 40.2 Å². The molecule has 0 spiro atoms. The topological polar surface area (TPSA) is 75.3 Å². The first-order valence-corrected chi connectivity index (χ1v) is 7.36. The maximum atomic E-state index is 12.0. The number of rotatable bonds is 6. The first-order valence-electron chi connectivity index (χ1n) is 7.36. The lowest BCUT2D eigenvalue weighted by Crippen LogP contribution is -2.44. The standard InChI is InChI=1S/C17H24N2O3/c1-12(10-14(20)13-8-6-5-7-9-13)19-15(21)11-18-16(22)17(2,3)4/h5-9,12H,10-11H2,1-4H3,(H,18,22)(H,19,21). The molecule has 2 amide bonds. The Hall–Kier alpha value is -2.17. The van der Waals surface area contributed by atoms with E-state index in [9.17, 15) is 14.4 Å². The summed E-state index contributed by atoms with van der Waals surface area (Å²) in [5, 5.41) is 5.29. The fourth-order valence-corrected chi connectivity index (χ4v) is 1.82. The van der Waals surface area contributed by atoms with Crippen LogP contribution in [-0.4, -0.2) is 30.2 Å². The molecule has 1 rings (SSSR count). The molecule has 1 atom stereocenters. The van der Waals surface area contributed by atoms with Gasteiger partial charge in [0, 0.05) is 23.4 Å². The number of amides is 2. The van der Waals surface area contributed by atoms with Crippen LogP contribution in [0.25, 0.3) is 0 Å². The predicted octanol–water partition coefficient (Wildman–Crippen LogP) is 1.93. The van der Waals surface area contributed by atoms with Crippen molar-refractivity contribution >= 4 is 17.6 Å². The van der Waals surface area contributed by atoms with Crippen LogP contribution in [0.1, 0.15) is 44.5 Å². The Balaban J connectivity index is 2.39. The second-order valence-corrected chi connectivity index (χ2v) is 6.39. The van der Waals surface area contributed by atoms with Crippen molar-refractivity contribution in [3.8, 4) is 0 Å². The van der Waals surface area contributed by atoms with Gasteiger partial charge in [-0.2, -0.15) is 0 Å². The van der Waals surface area contributed by atoms with E-state index in [0.29, 0.717) is 5.56 Å². The van der Waals surface area contributed by atoms with Crippen LogP contribution >= 0.6 is 0 Å². The van der Waals surface area contributed by atoms with E-state index in [1.807, 2.05) is 6.07 Å². The third kappa shape index (κ3) is 6.08. The van der Waals surface area contributed by atoms with Crippen LogP contribution in [0.2, 0.25) is 0 Å². The Labute approximate surface area is 131 Å². The Morgan fingerprint density at radius 1 is 1.09 bits per heavy atom. The monoisotopic (exact) mass is 304 g/mol. The van der Waals surface area contributed by atoms with Gasteiger partial charge in [-0.05, 0) is 6.92 Å². The molecular weight excluding hydrogens is 280 g/mol. The average molecular weight is 304 g/mol. The van der Waals surface area contributed by atoms with E-state index in [1.165, 1.54) is 0 Å². The molecule has 0 radical (unpaired) electrons. The lowest BCUT2D eigenvalue weighted by Gasteiger charge is -2.18. The first-order chi connectivity index (χ1) is 10.2. The van der Waals surface area contributed by atoms with Crippen LogP contribution in [0.15, 0.2) is 30.3 Å². The van der Waals surface area contributed by atoms with Crippen molar-refractivity contribution in [2.24, 2.45) is 5.41 Å². The fourth-order valence-electron chi connectivity index (χ4n) is 1.82. The van der Waals surface area contributed by atoms with Gasteiger partial charge >= 0.3 is 0 Å². The maximum Gasteiger partial charge on any atom is 0.239 e. The minimum Gasteiger partial charge on any atom is -0.352 e. The zero-order valence-electron chi connectivity index (χ0n) is 13.6. The van der Waals surface area contributed by atoms with Gasteiger partial charge in [-0.25, -0.2) is 0 Å². The van der Waals surface area contributed by atoms with E-state index in [2.05, 4.69) is 10.6 Å². The number of carbonyl (C=O) groups excluding carboxylic acids is 3. The van der Waals surface area contributed by atoms with Gasteiger partial charge < -0.3 is 10.6 Å². The summed E-state index contributed by atoms with van der Waals surface area (Å²) >= 11 is 0. The van der Waals surface area contributed by atoms with Gasteiger partial charge in [-0.1, -0.05) is 51.1 Å². The molecular formula is C17H24N2O3. The summed E-state index contributed by atoms with van der Waals surface area (Å²) < 4.78 is 0. The Morgan fingerprint density at radius 2 is 1.68 bits per heavy atom. The number of ketones is 1. The van der Waals surface area contributed by atoms with Crippen molar-refractivity contribution in [1.82, 2.24) is 10.6 Å². The molecule has 5 nitrogen and oxygen atoms in total. The molecule has 2 N–H and O–H groups in total. The molecule has 0 saturated carbocycles. The minimum atomic E-state index is -0.533. The van der Waals surface area contributed by atoms with Gasteiger partial charge in [0.05, 0.1) is 6.54 Å². The Kier molecular flexibility index (Phi) is 6.28. The lowest BCUT2D eigenvalue weighted by molar-refractivity contribution is -0.131. The van der Waals surface area contributed by atoms with Gasteiger partial charge in [-0.3, -0.25) is 14.4 Å². The summed E-state index contributed by atoms with van der Waals surface area (Å²) in [6, 6.07) is 8.67. The van der Waals surface area contributed by atoms with Crippen molar-refractivity contribution in [3.05, 3.63) is 35.9 Å². The van der Waals surface area contributed by atoms with Crippen molar-refractivity contribution < 1.29 is 14.4 Å². The second kappa shape index (κ2) is 7.73. The van der Waals surface area contributed by atoms with Crippen LogP contribution in [0.5, 0.6) is 0 Å². The summed E-state index contributed by atoms with van der Waals surface area (Å²) in [7, 11) is 0.